The number of ether oxygens (including phenoxy) is 1. The quantitative estimate of drug-likeness (QED) is 0.574. The van der Waals surface area contributed by atoms with Gasteiger partial charge < -0.3 is 27.2 Å². The van der Waals surface area contributed by atoms with Crippen molar-refractivity contribution < 1.29 is 27.2 Å². The molecule has 2 N–H and O–H groups in total. The van der Waals surface area contributed by atoms with Crippen LogP contribution >= 0.6 is 0 Å². The van der Waals surface area contributed by atoms with Crippen LogP contribution in [-0.2, 0) is 17.8 Å². The molecule has 1 aliphatic rings. The lowest BCUT2D eigenvalue weighted by atomic mass is 9.87. The molecule has 0 amide bonds. The van der Waals surface area contributed by atoms with Gasteiger partial charge in [0.15, 0.2) is 0 Å². The number of benzene rings is 2. The number of halogens is 1. The van der Waals surface area contributed by atoms with Gasteiger partial charge in [-0.05, 0) is 24.0 Å². The molecule has 0 spiro atoms. The molecule has 2 aromatic carbocycles. The number of likely N-dealkylation sites (tertiary alicyclic amines) is 1. The second-order valence-corrected chi connectivity index (χ2v) is 7.60. The minimum atomic E-state index is -0.480. The number of aliphatic hydroxyl groups is 1. The highest BCUT2D eigenvalue weighted by Crippen LogP contribution is 2.22. The van der Waals surface area contributed by atoms with Crippen molar-refractivity contribution in [3.63, 3.8) is 0 Å². The van der Waals surface area contributed by atoms with Crippen LogP contribution in [0.25, 0.3) is 0 Å². The van der Waals surface area contributed by atoms with E-state index < -0.39 is 5.60 Å². The molecule has 148 valence electrons. The average Bonchev–Trinajstić information content (AvgIpc) is 2.69. The van der Waals surface area contributed by atoms with E-state index in [9.17, 15) is 5.11 Å². The summed E-state index contributed by atoms with van der Waals surface area (Å²) in [6.45, 7) is 4.71. The smallest absolute Gasteiger partial charge is 0.0811 e. The van der Waals surface area contributed by atoms with Crippen LogP contribution in [0.5, 0.6) is 0 Å². The van der Waals surface area contributed by atoms with Crippen molar-refractivity contribution in [2.75, 3.05) is 26.2 Å². The summed E-state index contributed by atoms with van der Waals surface area (Å²) in [5.74, 6) is 0. The Bertz CT molecular complexity index is 622. The molecule has 3 rings (SSSR count). The molecule has 0 aliphatic carbocycles. The van der Waals surface area contributed by atoms with Crippen molar-refractivity contribution >= 4 is 0 Å². The standard InChI is InChI=1S/C23H31NO2.ClH/c25-23(13-7-19-26-20-22-10-5-2-6-11-22)14-17-24(18-15-23)16-12-21-8-3-1-4-9-21;/h1-6,8-11,25H,7,12-20H2;1H. The first kappa shape index (κ1) is 21.9. The largest absolute Gasteiger partial charge is 1.00 e. The number of nitrogens with one attached hydrogen (secondary N) is 1. The zero-order chi connectivity index (χ0) is 18.1. The molecular weight excluding hydrogens is 358 g/mol. The monoisotopic (exact) mass is 389 g/mol. The minimum absolute atomic E-state index is 0. The van der Waals surface area contributed by atoms with Crippen molar-refractivity contribution in [1.29, 1.82) is 0 Å². The normalized spacial score (nSPS) is 22.2. The predicted octanol–water partition coefficient (Wildman–Crippen LogP) is -0.360. The molecule has 0 bridgehead atoms. The molecule has 0 unspecified atom stereocenters. The zero-order valence-corrected chi connectivity index (χ0v) is 16.8. The fourth-order valence-electron chi connectivity index (χ4n) is 3.80. The number of hydrogen-bond acceptors (Lipinski definition) is 2. The third kappa shape index (κ3) is 7.63. The third-order valence-corrected chi connectivity index (χ3v) is 5.54. The van der Waals surface area contributed by atoms with Crippen molar-refractivity contribution in [2.45, 2.75) is 44.3 Å². The molecular formula is C23H32ClNO2. The maximum Gasteiger partial charge on any atom is 0.0811 e. The van der Waals surface area contributed by atoms with E-state index in [-0.39, 0.29) is 12.4 Å². The van der Waals surface area contributed by atoms with E-state index in [1.165, 1.54) is 17.7 Å². The van der Waals surface area contributed by atoms with Crippen LogP contribution in [0.3, 0.4) is 0 Å². The fraction of sp³-hybridized carbons (Fsp3) is 0.478. The van der Waals surface area contributed by atoms with Crippen LogP contribution in [0.1, 0.15) is 36.8 Å². The van der Waals surface area contributed by atoms with Gasteiger partial charge in [-0.25, -0.2) is 0 Å². The summed E-state index contributed by atoms with van der Waals surface area (Å²) in [5.41, 5.74) is 2.14. The zero-order valence-electron chi connectivity index (χ0n) is 16.1. The first-order chi connectivity index (χ1) is 12.7. The highest BCUT2D eigenvalue weighted by atomic mass is 35.5. The van der Waals surface area contributed by atoms with Crippen LogP contribution in [0.15, 0.2) is 60.7 Å². The van der Waals surface area contributed by atoms with Crippen molar-refractivity contribution in [1.82, 2.24) is 0 Å². The van der Waals surface area contributed by atoms with E-state index in [2.05, 4.69) is 42.5 Å². The molecule has 3 nitrogen and oxygen atoms in total. The van der Waals surface area contributed by atoms with Gasteiger partial charge in [-0.2, -0.15) is 0 Å². The molecule has 1 heterocycles. The Labute approximate surface area is 169 Å². The lowest BCUT2D eigenvalue weighted by Crippen LogP contribution is -3.13. The van der Waals surface area contributed by atoms with Crippen LogP contribution in [-0.4, -0.2) is 36.9 Å². The second kappa shape index (κ2) is 11.5. The highest BCUT2D eigenvalue weighted by Gasteiger charge is 2.33. The van der Waals surface area contributed by atoms with Gasteiger partial charge in [0.1, 0.15) is 0 Å². The van der Waals surface area contributed by atoms with E-state index >= 15 is 0 Å². The van der Waals surface area contributed by atoms with Gasteiger partial charge in [0.25, 0.3) is 0 Å². The first-order valence-corrected chi connectivity index (χ1v) is 9.95. The van der Waals surface area contributed by atoms with Crippen molar-refractivity contribution in [3.05, 3.63) is 71.8 Å². The molecule has 1 aliphatic heterocycles. The van der Waals surface area contributed by atoms with Gasteiger partial charge in [0, 0.05) is 25.9 Å². The van der Waals surface area contributed by atoms with Gasteiger partial charge in [-0.1, -0.05) is 60.7 Å². The summed E-state index contributed by atoms with van der Waals surface area (Å²) in [4.78, 5) is 1.62. The SMILES string of the molecule is OC1(CCCOCc2ccccc2)CC[NH+](CCc2ccccc2)CC1.[Cl-]. The molecule has 4 heteroatoms. The minimum Gasteiger partial charge on any atom is -1.00 e. The summed E-state index contributed by atoms with van der Waals surface area (Å²) >= 11 is 0. The van der Waals surface area contributed by atoms with Gasteiger partial charge in [0.05, 0.1) is 31.8 Å². The Morgan fingerprint density at radius 3 is 2.11 bits per heavy atom. The molecule has 0 atom stereocenters. The lowest BCUT2D eigenvalue weighted by molar-refractivity contribution is -0.907. The number of piperidine rings is 1. The Balaban J connectivity index is 0.00000261. The van der Waals surface area contributed by atoms with E-state index in [0.717, 1.165) is 51.8 Å². The van der Waals surface area contributed by atoms with Crippen LogP contribution in [0, 0.1) is 0 Å². The molecule has 1 fully saturated rings. The number of rotatable bonds is 9. The average molecular weight is 390 g/mol. The van der Waals surface area contributed by atoms with Gasteiger partial charge in [0.2, 0.25) is 0 Å². The van der Waals surface area contributed by atoms with Crippen molar-refractivity contribution in [2.24, 2.45) is 0 Å². The van der Waals surface area contributed by atoms with E-state index in [1.54, 1.807) is 4.90 Å². The Morgan fingerprint density at radius 2 is 1.48 bits per heavy atom. The summed E-state index contributed by atoms with van der Waals surface area (Å²) in [6, 6.07) is 21.0. The summed E-state index contributed by atoms with van der Waals surface area (Å²) < 4.78 is 5.75. The van der Waals surface area contributed by atoms with Crippen LogP contribution in [0.2, 0.25) is 0 Å². The lowest BCUT2D eigenvalue weighted by Gasteiger charge is -2.36. The van der Waals surface area contributed by atoms with E-state index in [0.29, 0.717) is 6.61 Å². The maximum absolute atomic E-state index is 10.8. The Hall–Kier alpha value is -1.39. The molecule has 27 heavy (non-hydrogen) atoms. The van der Waals surface area contributed by atoms with E-state index in [4.69, 9.17) is 4.74 Å². The topological polar surface area (TPSA) is 33.9 Å². The summed E-state index contributed by atoms with van der Waals surface area (Å²) in [5, 5.41) is 10.8. The maximum atomic E-state index is 10.8. The first-order valence-electron chi connectivity index (χ1n) is 9.95. The van der Waals surface area contributed by atoms with Gasteiger partial charge in [-0.3, -0.25) is 0 Å². The van der Waals surface area contributed by atoms with Crippen LogP contribution < -0.4 is 17.3 Å². The summed E-state index contributed by atoms with van der Waals surface area (Å²) in [7, 11) is 0. The Kier molecular flexibility index (Phi) is 9.29. The third-order valence-electron chi connectivity index (χ3n) is 5.54. The molecule has 2 aromatic rings. The van der Waals surface area contributed by atoms with Gasteiger partial charge in [-0.15, -0.1) is 0 Å². The molecule has 0 aromatic heterocycles. The molecule has 0 saturated carbocycles. The highest BCUT2D eigenvalue weighted by molar-refractivity contribution is 5.14. The second-order valence-electron chi connectivity index (χ2n) is 7.60. The van der Waals surface area contributed by atoms with Gasteiger partial charge >= 0.3 is 0 Å². The summed E-state index contributed by atoms with van der Waals surface area (Å²) in [6.07, 6.45) is 4.74. The predicted molar refractivity (Wildman–Crippen MR) is 105 cm³/mol. The Morgan fingerprint density at radius 1 is 0.889 bits per heavy atom. The van der Waals surface area contributed by atoms with Crippen molar-refractivity contribution in [3.8, 4) is 0 Å². The number of hydrogen-bond donors (Lipinski definition) is 2. The fourth-order valence-corrected chi connectivity index (χ4v) is 3.80. The van der Waals surface area contributed by atoms with Crippen LogP contribution in [0.4, 0.5) is 0 Å². The number of quaternary nitrogens is 1. The molecule has 0 radical (unpaired) electrons. The molecule has 1 saturated heterocycles. The van der Waals surface area contributed by atoms with E-state index in [1.807, 2.05) is 18.2 Å².